The third-order valence-electron chi connectivity index (χ3n) is 5.12. The predicted molar refractivity (Wildman–Crippen MR) is 129 cm³/mol. The van der Waals surface area contributed by atoms with E-state index in [4.69, 9.17) is 19.9 Å². The van der Waals surface area contributed by atoms with Gasteiger partial charge in [-0.15, -0.1) is 0 Å². The third-order valence-corrected chi connectivity index (χ3v) is 5.12. The molecule has 7 heteroatoms. The number of nitrogens with one attached hydrogen (secondary N) is 1. The molecule has 0 heterocycles. The fraction of sp³-hybridized carbons (Fsp3) is 0.231. The fourth-order valence-corrected chi connectivity index (χ4v) is 3.24. The number of methoxy groups -OCH3 is 2. The molecule has 0 aromatic heterocycles. The molecule has 0 bridgehead atoms. The molecule has 0 unspecified atom stereocenters. The minimum Gasteiger partial charge on any atom is -0.497 e. The van der Waals surface area contributed by atoms with Crippen LogP contribution in [0, 0.1) is 0 Å². The van der Waals surface area contributed by atoms with Gasteiger partial charge in [0.05, 0.1) is 37.8 Å². The van der Waals surface area contributed by atoms with Gasteiger partial charge in [0.15, 0.2) is 5.78 Å². The number of amides is 1. The molecule has 1 amide bonds. The molecule has 0 aliphatic carbocycles. The Morgan fingerprint density at radius 2 is 1.61 bits per heavy atom. The maximum absolute atomic E-state index is 13.5. The van der Waals surface area contributed by atoms with E-state index in [1.807, 2.05) is 0 Å². The molecule has 0 aliphatic rings. The first-order valence-electron chi connectivity index (χ1n) is 10.7. The zero-order valence-corrected chi connectivity index (χ0v) is 19.0. The molecule has 0 saturated carbocycles. The molecular weight excluding hydrogens is 420 g/mol. The van der Waals surface area contributed by atoms with Crippen molar-refractivity contribution in [1.29, 1.82) is 0 Å². The Labute approximate surface area is 193 Å². The Balaban J connectivity index is 1.94. The number of carbonyl (C=O) groups is 2. The first-order valence-corrected chi connectivity index (χ1v) is 10.7. The number of hydrogen-bond acceptors (Lipinski definition) is 6. The summed E-state index contributed by atoms with van der Waals surface area (Å²) in [6.45, 7) is 2.54. The second kappa shape index (κ2) is 11.0. The van der Waals surface area contributed by atoms with Crippen LogP contribution in [0.3, 0.4) is 0 Å². The average molecular weight is 449 g/mol. The van der Waals surface area contributed by atoms with Crippen LogP contribution < -0.4 is 25.3 Å². The van der Waals surface area contributed by atoms with Crippen LogP contribution in [0.4, 0.5) is 11.4 Å². The normalized spacial score (nSPS) is 10.4. The van der Waals surface area contributed by atoms with Crippen LogP contribution in [0.25, 0.3) is 0 Å². The summed E-state index contributed by atoms with van der Waals surface area (Å²) in [5.41, 5.74) is 7.72. The average Bonchev–Trinajstić information content (AvgIpc) is 2.85. The summed E-state index contributed by atoms with van der Waals surface area (Å²) in [5, 5.41) is 2.79. The summed E-state index contributed by atoms with van der Waals surface area (Å²) in [7, 11) is 3.11. The lowest BCUT2D eigenvalue weighted by Gasteiger charge is -2.16. The predicted octanol–water partition coefficient (Wildman–Crippen LogP) is 4.95. The van der Waals surface area contributed by atoms with Gasteiger partial charge in [-0.1, -0.05) is 19.4 Å². The van der Waals surface area contributed by atoms with Crippen molar-refractivity contribution in [1.82, 2.24) is 0 Å². The van der Waals surface area contributed by atoms with E-state index in [1.165, 1.54) is 0 Å². The number of nitrogens with two attached hydrogens (primary N) is 1. The van der Waals surface area contributed by atoms with E-state index in [-0.39, 0.29) is 22.7 Å². The van der Waals surface area contributed by atoms with Gasteiger partial charge in [0.25, 0.3) is 5.91 Å². The zero-order valence-electron chi connectivity index (χ0n) is 19.0. The quantitative estimate of drug-likeness (QED) is 0.259. The van der Waals surface area contributed by atoms with E-state index in [9.17, 15) is 9.59 Å². The molecule has 0 radical (unpaired) electrons. The van der Waals surface area contributed by atoms with Gasteiger partial charge in [-0.3, -0.25) is 9.59 Å². The van der Waals surface area contributed by atoms with E-state index < -0.39 is 5.91 Å². The van der Waals surface area contributed by atoms with Gasteiger partial charge < -0.3 is 25.3 Å². The molecule has 0 saturated heterocycles. The van der Waals surface area contributed by atoms with Crippen LogP contribution in [0.1, 0.15) is 46.0 Å². The van der Waals surface area contributed by atoms with Crippen LogP contribution in [0.5, 0.6) is 17.2 Å². The van der Waals surface area contributed by atoms with E-state index in [2.05, 4.69) is 12.2 Å². The van der Waals surface area contributed by atoms with Gasteiger partial charge in [0.1, 0.15) is 17.2 Å². The Morgan fingerprint density at radius 3 is 2.27 bits per heavy atom. The minimum absolute atomic E-state index is 0.249. The molecule has 0 fully saturated rings. The van der Waals surface area contributed by atoms with Crippen molar-refractivity contribution in [2.75, 3.05) is 31.9 Å². The lowest BCUT2D eigenvalue weighted by Crippen LogP contribution is -2.17. The summed E-state index contributed by atoms with van der Waals surface area (Å²) in [5.74, 6) is 0.929. The number of ketones is 1. The van der Waals surface area contributed by atoms with Crippen molar-refractivity contribution in [2.45, 2.75) is 19.8 Å². The second-order valence-electron chi connectivity index (χ2n) is 7.35. The molecule has 7 nitrogen and oxygen atoms in total. The summed E-state index contributed by atoms with van der Waals surface area (Å²) < 4.78 is 16.3. The second-order valence-corrected chi connectivity index (χ2v) is 7.35. The van der Waals surface area contributed by atoms with Gasteiger partial charge >= 0.3 is 0 Å². The number of hydrogen-bond donors (Lipinski definition) is 2. The lowest BCUT2D eigenvalue weighted by molar-refractivity contribution is 0.102. The highest BCUT2D eigenvalue weighted by Crippen LogP contribution is 2.32. The van der Waals surface area contributed by atoms with Crippen molar-refractivity contribution >= 4 is 23.1 Å². The number of ether oxygens (including phenoxy) is 3. The minimum atomic E-state index is -0.390. The third kappa shape index (κ3) is 5.63. The molecule has 0 spiro atoms. The van der Waals surface area contributed by atoms with Crippen molar-refractivity contribution in [3.8, 4) is 17.2 Å². The molecule has 3 aromatic rings. The SMILES string of the molecule is CCCCOc1cc(OC)ccc1C(=O)c1cccc(N)c1NC(=O)c1ccc(OC)cc1. The standard InChI is InChI=1S/C26H28N2O5/c1-4-5-15-33-23-16-19(32-3)13-14-20(23)25(29)21-7-6-8-22(27)24(21)28-26(30)17-9-11-18(31-2)12-10-17/h6-14,16H,4-5,15,27H2,1-3H3,(H,28,30). The van der Waals surface area contributed by atoms with E-state index in [0.717, 1.165) is 12.8 Å². The number of nitrogen functional groups attached to an aromatic ring is 1. The molecule has 33 heavy (non-hydrogen) atoms. The molecule has 3 aromatic carbocycles. The topological polar surface area (TPSA) is 99.9 Å². The number of anilines is 2. The van der Waals surface area contributed by atoms with Crippen molar-refractivity contribution < 1.29 is 23.8 Å². The van der Waals surface area contributed by atoms with Gasteiger partial charge in [0.2, 0.25) is 0 Å². The van der Waals surface area contributed by atoms with Gasteiger partial charge in [-0.25, -0.2) is 0 Å². The Kier molecular flexibility index (Phi) is 7.91. The van der Waals surface area contributed by atoms with Crippen LogP contribution in [-0.2, 0) is 0 Å². The number of benzene rings is 3. The first kappa shape index (κ1) is 23.7. The Hall–Kier alpha value is -4.00. The van der Waals surface area contributed by atoms with Crippen molar-refractivity contribution in [3.05, 3.63) is 77.4 Å². The maximum atomic E-state index is 13.5. The fourth-order valence-electron chi connectivity index (χ4n) is 3.24. The molecule has 3 N–H and O–H groups in total. The molecule has 0 atom stereocenters. The van der Waals surface area contributed by atoms with Gasteiger partial charge in [-0.05, 0) is 55.0 Å². The van der Waals surface area contributed by atoms with Crippen LogP contribution in [0.15, 0.2) is 60.7 Å². The van der Waals surface area contributed by atoms with E-state index in [0.29, 0.717) is 35.0 Å². The number of carbonyl (C=O) groups excluding carboxylic acids is 2. The number of para-hydroxylation sites is 1. The van der Waals surface area contributed by atoms with E-state index in [1.54, 1.807) is 74.9 Å². The highest BCUT2D eigenvalue weighted by Gasteiger charge is 2.21. The maximum Gasteiger partial charge on any atom is 0.255 e. The summed E-state index contributed by atoms with van der Waals surface area (Å²) in [4.78, 5) is 26.4. The van der Waals surface area contributed by atoms with Crippen molar-refractivity contribution in [2.24, 2.45) is 0 Å². The lowest BCUT2D eigenvalue weighted by atomic mass is 9.99. The van der Waals surface area contributed by atoms with Crippen LogP contribution in [-0.4, -0.2) is 32.5 Å². The molecule has 172 valence electrons. The number of rotatable bonds is 10. The van der Waals surface area contributed by atoms with Gasteiger partial charge in [0, 0.05) is 17.2 Å². The van der Waals surface area contributed by atoms with Gasteiger partial charge in [-0.2, -0.15) is 0 Å². The smallest absolute Gasteiger partial charge is 0.255 e. The Morgan fingerprint density at radius 1 is 0.909 bits per heavy atom. The van der Waals surface area contributed by atoms with Crippen molar-refractivity contribution in [3.63, 3.8) is 0 Å². The largest absolute Gasteiger partial charge is 0.497 e. The first-order chi connectivity index (χ1) is 16.0. The molecule has 3 rings (SSSR count). The molecular formula is C26H28N2O5. The number of unbranched alkanes of at least 4 members (excludes halogenated alkanes) is 1. The summed E-state index contributed by atoms with van der Waals surface area (Å²) >= 11 is 0. The highest BCUT2D eigenvalue weighted by molar-refractivity contribution is 6.18. The Bertz CT molecular complexity index is 1130. The highest BCUT2D eigenvalue weighted by atomic mass is 16.5. The van der Waals surface area contributed by atoms with Crippen LogP contribution >= 0.6 is 0 Å². The summed E-state index contributed by atoms with van der Waals surface area (Å²) in [6, 6.07) is 16.6. The zero-order chi connectivity index (χ0) is 23.8. The summed E-state index contributed by atoms with van der Waals surface area (Å²) in [6.07, 6.45) is 1.82. The molecule has 0 aliphatic heterocycles. The monoisotopic (exact) mass is 448 g/mol. The van der Waals surface area contributed by atoms with E-state index >= 15 is 0 Å². The van der Waals surface area contributed by atoms with Crippen LogP contribution in [0.2, 0.25) is 0 Å².